The van der Waals surface area contributed by atoms with Crippen LogP contribution in [0.15, 0.2) is 413 Å². The molecule has 0 radical (unpaired) electrons. The van der Waals surface area contributed by atoms with E-state index in [9.17, 15) is 0 Å². The maximum Gasteiger partial charge on any atom is 0.164 e. The van der Waals surface area contributed by atoms with Crippen LogP contribution in [0.2, 0.25) is 0 Å². The van der Waals surface area contributed by atoms with Gasteiger partial charge in [-0.05, 0) is 108 Å². The highest BCUT2D eigenvalue weighted by atomic mass is 15.1. The Labute approximate surface area is 688 Å². The predicted molar refractivity (Wildman–Crippen MR) is 480 cm³/mol. The van der Waals surface area contributed by atoms with E-state index in [0.717, 1.165) is 89.0 Å². The zero-order valence-corrected chi connectivity index (χ0v) is 65.6. The Balaban J connectivity index is 0.000000118. The van der Waals surface area contributed by atoms with Gasteiger partial charge in [0, 0.05) is 61.2 Å². The Morgan fingerprint density at radius 3 is 0.619 bits per heavy atom. The number of nitrogens with zero attached hydrogens (tertiary/aromatic N) is 12. The molecule has 15 aromatic carbocycles. The molecule has 12 heteroatoms. The van der Waals surface area contributed by atoms with Crippen LogP contribution in [0.4, 0.5) is 0 Å². The largest absolute Gasteiger partial charge is 0.213 e. The Bertz CT molecular complexity index is 6570. The van der Waals surface area contributed by atoms with E-state index in [1.54, 1.807) is 0 Å². The zero-order chi connectivity index (χ0) is 80.2. The Kier molecular flexibility index (Phi) is 23.9. The molecule has 4 aromatic heterocycles. The predicted octanol–water partition coefficient (Wildman–Crippen LogP) is 25.7. The first-order chi connectivity index (χ1) is 58.1. The highest BCUT2D eigenvalue weighted by Gasteiger charge is 2.19. The molecule has 0 aliphatic rings. The summed E-state index contributed by atoms with van der Waals surface area (Å²) in [5.41, 5.74) is 23.5. The molecule has 0 saturated heterocycles. The van der Waals surface area contributed by atoms with Crippen LogP contribution in [0.1, 0.15) is 22.5 Å². The van der Waals surface area contributed by atoms with Crippen LogP contribution in [0.3, 0.4) is 0 Å². The summed E-state index contributed by atoms with van der Waals surface area (Å²) in [6.45, 7) is 8.13. The third kappa shape index (κ3) is 19.2. The third-order valence-corrected chi connectivity index (χ3v) is 19.7. The van der Waals surface area contributed by atoms with Gasteiger partial charge in [-0.3, -0.25) is 0 Å². The molecule has 19 aromatic rings. The molecule has 0 unspecified atom stereocenters. The minimum atomic E-state index is 0.669. The number of rotatable bonds is 15. The number of hydrogen-bond acceptors (Lipinski definition) is 12. The molecular formula is C106H80N12. The van der Waals surface area contributed by atoms with E-state index >= 15 is 0 Å². The van der Waals surface area contributed by atoms with Crippen LogP contribution in [0, 0.1) is 27.7 Å². The van der Waals surface area contributed by atoms with Crippen molar-refractivity contribution in [3.8, 4) is 170 Å². The molecule has 0 saturated carbocycles. The highest BCUT2D eigenvalue weighted by Crippen LogP contribution is 2.34. The van der Waals surface area contributed by atoms with Crippen molar-refractivity contribution >= 4 is 0 Å². The summed E-state index contributed by atoms with van der Waals surface area (Å²) in [6.07, 6.45) is 0. The molecule has 12 nitrogen and oxygen atoms in total. The van der Waals surface area contributed by atoms with E-state index in [-0.39, 0.29) is 0 Å². The van der Waals surface area contributed by atoms with Crippen LogP contribution < -0.4 is 0 Å². The lowest BCUT2D eigenvalue weighted by Gasteiger charge is -2.10. The van der Waals surface area contributed by atoms with Crippen molar-refractivity contribution in [1.82, 2.24) is 59.8 Å². The molecule has 4 heterocycles. The number of aromatic nitrogens is 12. The summed E-state index contributed by atoms with van der Waals surface area (Å²) in [5, 5.41) is 0. The van der Waals surface area contributed by atoms with Gasteiger partial charge in [-0.25, -0.2) is 59.8 Å². The van der Waals surface area contributed by atoms with Gasteiger partial charge < -0.3 is 0 Å². The van der Waals surface area contributed by atoms with Crippen molar-refractivity contribution in [2.45, 2.75) is 27.7 Å². The molecular weight excluding hydrogens is 1440 g/mol. The molecule has 0 aliphatic heterocycles. The van der Waals surface area contributed by atoms with E-state index in [4.69, 9.17) is 44.9 Å². The molecule has 0 N–H and O–H groups in total. The normalized spacial score (nSPS) is 10.7. The van der Waals surface area contributed by atoms with Crippen molar-refractivity contribution in [3.63, 3.8) is 0 Å². The lowest BCUT2D eigenvalue weighted by atomic mass is 10.0. The second kappa shape index (κ2) is 36.9. The fourth-order valence-electron chi connectivity index (χ4n) is 13.6. The number of benzene rings is 15. The van der Waals surface area contributed by atoms with E-state index in [2.05, 4.69) is 230 Å². The summed E-state index contributed by atoms with van der Waals surface area (Å²) in [5.74, 6) is 8.19. The summed E-state index contributed by atoms with van der Waals surface area (Å²) < 4.78 is 0. The van der Waals surface area contributed by atoms with Crippen molar-refractivity contribution in [3.05, 3.63) is 435 Å². The van der Waals surface area contributed by atoms with Crippen LogP contribution in [0.25, 0.3) is 170 Å². The van der Waals surface area contributed by atoms with Crippen LogP contribution >= 0.6 is 0 Å². The van der Waals surface area contributed by atoms with Crippen LogP contribution in [-0.2, 0) is 0 Å². The molecule has 0 amide bonds. The molecule has 0 bridgehead atoms. The quantitative estimate of drug-likeness (QED) is 0.0959. The van der Waals surface area contributed by atoms with Gasteiger partial charge in [-0.2, -0.15) is 0 Å². The molecule has 0 aliphatic carbocycles. The Morgan fingerprint density at radius 1 is 0.127 bits per heavy atom. The zero-order valence-electron chi connectivity index (χ0n) is 65.6. The summed E-state index contributed by atoms with van der Waals surface area (Å²) in [4.78, 5) is 57.2. The second-order valence-electron chi connectivity index (χ2n) is 28.3. The van der Waals surface area contributed by atoms with Gasteiger partial charge in [0.2, 0.25) is 0 Å². The van der Waals surface area contributed by atoms with Gasteiger partial charge in [0.15, 0.2) is 64.1 Å². The Morgan fingerprint density at radius 2 is 0.331 bits per heavy atom. The van der Waals surface area contributed by atoms with Gasteiger partial charge in [-0.1, -0.05) is 393 Å². The molecule has 0 spiro atoms. The van der Waals surface area contributed by atoms with Gasteiger partial charge in [0.1, 0.15) is 5.82 Å². The average molecular weight is 1520 g/mol. The van der Waals surface area contributed by atoms with Gasteiger partial charge in [0.05, 0.1) is 0 Å². The molecule has 564 valence electrons. The molecule has 118 heavy (non-hydrogen) atoms. The van der Waals surface area contributed by atoms with Crippen molar-refractivity contribution in [2.24, 2.45) is 0 Å². The molecule has 0 fully saturated rings. The third-order valence-electron chi connectivity index (χ3n) is 19.7. The number of hydrogen-bond donors (Lipinski definition) is 0. The minimum absolute atomic E-state index is 0.669. The first kappa shape index (κ1) is 76.3. The van der Waals surface area contributed by atoms with E-state index in [0.29, 0.717) is 69.9 Å². The topological polar surface area (TPSA) is 155 Å². The second-order valence-corrected chi connectivity index (χ2v) is 28.3. The monoisotopic (exact) mass is 1520 g/mol. The fourth-order valence-corrected chi connectivity index (χ4v) is 13.6. The van der Waals surface area contributed by atoms with Gasteiger partial charge in [-0.15, -0.1) is 0 Å². The highest BCUT2D eigenvalue weighted by molar-refractivity contribution is 5.78. The van der Waals surface area contributed by atoms with Gasteiger partial charge in [0.25, 0.3) is 0 Å². The summed E-state index contributed by atoms with van der Waals surface area (Å²) >= 11 is 0. The molecule has 0 atom stereocenters. The standard InChI is InChI=1S/3C28H21N3.C22H17N3/c1-20-10-8-16-24(18-20)27-29-26(22-13-6-3-7-14-22)30-28(31-27)25-17-9-15-23(19-25)21-11-4-2-5-12-21;1-20-11-8-9-18-25(20)28-30-26(22-14-6-3-7-15-22)29-27(31-28)24-17-10-16-23(19-24)21-12-4-2-5-13-21;1-20-15-17-23(18-16-20)27-29-26(22-11-6-3-7-12-22)30-28(31-27)25-14-8-13-24(19-25)21-9-4-2-5-10-21;1-16-23-21(18-11-6-3-7-12-18)25-22(24-16)20-14-8-13-19(15-20)17-9-4-2-5-10-17/h3*2-19H,1H3;2-15H,1H3. The average Bonchev–Trinajstić information content (AvgIpc) is 0.793. The molecule has 19 rings (SSSR count). The Hall–Kier alpha value is -15.7. The van der Waals surface area contributed by atoms with Crippen molar-refractivity contribution in [2.75, 3.05) is 0 Å². The van der Waals surface area contributed by atoms with Crippen LogP contribution in [-0.4, -0.2) is 59.8 Å². The maximum atomic E-state index is 4.87. The van der Waals surface area contributed by atoms with Crippen molar-refractivity contribution < 1.29 is 0 Å². The van der Waals surface area contributed by atoms with Gasteiger partial charge >= 0.3 is 0 Å². The number of aryl methyl sites for hydroxylation is 4. The first-order valence-electron chi connectivity index (χ1n) is 39.2. The maximum absolute atomic E-state index is 4.87. The lowest BCUT2D eigenvalue weighted by Crippen LogP contribution is -2.01. The van der Waals surface area contributed by atoms with E-state index in [1.807, 2.05) is 225 Å². The van der Waals surface area contributed by atoms with E-state index < -0.39 is 0 Å². The fraction of sp³-hybridized carbons (Fsp3) is 0.0377. The lowest BCUT2D eigenvalue weighted by molar-refractivity contribution is 0.992. The van der Waals surface area contributed by atoms with Crippen molar-refractivity contribution in [1.29, 1.82) is 0 Å². The van der Waals surface area contributed by atoms with E-state index in [1.165, 1.54) is 33.4 Å². The van der Waals surface area contributed by atoms with Crippen LogP contribution in [0.5, 0.6) is 0 Å². The summed E-state index contributed by atoms with van der Waals surface area (Å²) in [7, 11) is 0. The minimum Gasteiger partial charge on any atom is -0.213 e. The summed E-state index contributed by atoms with van der Waals surface area (Å²) in [6, 6.07) is 140. The smallest absolute Gasteiger partial charge is 0.164 e. The first-order valence-corrected chi connectivity index (χ1v) is 39.2. The SMILES string of the molecule is Cc1ccc(-c2nc(-c3ccccc3)nc(-c3cccc(-c4ccccc4)c3)n2)cc1.Cc1cccc(-c2nc(-c3ccccc3)nc(-c3cccc(-c4ccccc4)c3)n2)c1.Cc1ccccc1-c1nc(-c2ccccc2)nc(-c2cccc(-c3ccccc3)c2)n1.Cc1nc(-c2ccccc2)nc(-c2cccc(-c3ccccc3)c2)n1.